The van der Waals surface area contributed by atoms with Gasteiger partial charge in [0.05, 0.1) is 5.56 Å². The van der Waals surface area contributed by atoms with Gasteiger partial charge in [-0.25, -0.2) is 4.79 Å². The van der Waals surface area contributed by atoms with Crippen LogP contribution in [-0.4, -0.2) is 18.1 Å². The van der Waals surface area contributed by atoms with Crippen molar-refractivity contribution in [3.05, 3.63) is 124 Å². The summed E-state index contributed by atoms with van der Waals surface area (Å²) in [5, 5.41) is 13.5. The summed E-state index contributed by atoms with van der Waals surface area (Å²) in [6, 6.07) is 27.4. The minimum Gasteiger partial charge on any atom is -0.478 e. The summed E-state index contributed by atoms with van der Waals surface area (Å²) in [6.07, 6.45) is 0. The van der Waals surface area contributed by atoms with E-state index in [4.69, 9.17) is 16.3 Å². The third-order valence-corrected chi connectivity index (χ3v) is 5.64. The van der Waals surface area contributed by atoms with Gasteiger partial charge in [-0.15, -0.1) is 4.91 Å². The zero-order valence-electron chi connectivity index (χ0n) is 18.3. The first-order chi connectivity index (χ1) is 16.4. The number of nitroso groups, excluding NO2 is 1. The van der Waals surface area contributed by atoms with Crippen molar-refractivity contribution in [1.82, 2.24) is 0 Å². The lowest BCUT2D eigenvalue weighted by atomic mass is 9.97. The van der Waals surface area contributed by atoms with Gasteiger partial charge >= 0.3 is 5.97 Å². The van der Waals surface area contributed by atoms with Gasteiger partial charge in [0.1, 0.15) is 17.5 Å². The molecule has 34 heavy (non-hydrogen) atoms. The van der Waals surface area contributed by atoms with Gasteiger partial charge in [-0.05, 0) is 77.9 Å². The van der Waals surface area contributed by atoms with Crippen LogP contribution < -0.4 is 9.64 Å². The Morgan fingerprint density at radius 2 is 1.47 bits per heavy atom. The third-order valence-electron chi connectivity index (χ3n) is 5.39. The van der Waals surface area contributed by atoms with Gasteiger partial charge < -0.3 is 14.7 Å². The summed E-state index contributed by atoms with van der Waals surface area (Å²) in [4.78, 5) is 25.6. The maximum atomic E-state index is 11.9. The number of hydrogen-bond donors (Lipinski definition) is 1. The summed E-state index contributed by atoms with van der Waals surface area (Å²) in [7, 11) is 1.93. The molecule has 170 valence electrons. The van der Waals surface area contributed by atoms with Crippen LogP contribution in [0.3, 0.4) is 0 Å². The molecule has 1 unspecified atom stereocenters. The van der Waals surface area contributed by atoms with E-state index in [1.54, 1.807) is 30.3 Å². The summed E-state index contributed by atoms with van der Waals surface area (Å²) in [5.41, 5.74) is 2.94. The minimum absolute atomic E-state index is 0.0103. The second kappa shape index (κ2) is 10.2. The molecule has 1 N–H and O–H groups in total. The summed E-state index contributed by atoms with van der Waals surface area (Å²) < 4.78 is 5.83. The fraction of sp³-hybridized carbons (Fsp3) is 0.0741. The van der Waals surface area contributed by atoms with Crippen LogP contribution in [0.5, 0.6) is 11.5 Å². The number of anilines is 2. The van der Waals surface area contributed by atoms with E-state index in [0.717, 1.165) is 11.4 Å². The average Bonchev–Trinajstić information content (AvgIpc) is 2.85. The number of rotatable bonds is 8. The number of nitrogens with zero attached hydrogens (tertiary/aromatic N) is 2. The lowest BCUT2D eigenvalue weighted by Gasteiger charge is -2.20. The Bertz CT molecular complexity index is 1290. The third kappa shape index (κ3) is 5.24. The molecule has 0 saturated carbocycles. The van der Waals surface area contributed by atoms with E-state index in [2.05, 4.69) is 5.18 Å². The molecule has 0 amide bonds. The van der Waals surface area contributed by atoms with E-state index in [-0.39, 0.29) is 5.56 Å². The number of hydrogen-bond acceptors (Lipinski definition) is 5. The number of halogens is 1. The molecule has 4 aromatic rings. The second-order valence-electron chi connectivity index (χ2n) is 7.65. The molecule has 0 aliphatic rings. The number of para-hydroxylation sites is 1. The quantitative estimate of drug-likeness (QED) is 0.269. The van der Waals surface area contributed by atoms with Crippen molar-refractivity contribution < 1.29 is 14.6 Å². The molecule has 4 aromatic carbocycles. The van der Waals surface area contributed by atoms with E-state index in [1.165, 1.54) is 12.1 Å². The van der Waals surface area contributed by atoms with Crippen molar-refractivity contribution in [1.29, 1.82) is 0 Å². The van der Waals surface area contributed by atoms with Gasteiger partial charge in [0.15, 0.2) is 0 Å². The molecule has 0 bridgehead atoms. The van der Waals surface area contributed by atoms with Crippen LogP contribution in [0.15, 0.2) is 102 Å². The molecule has 0 fully saturated rings. The molecule has 1 atom stereocenters. The van der Waals surface area contributed by atoms with E-state index in [1.807, 2.05) is 66.5 Å². The van der Waals surface area contributed by atoms with Crippen LogP contribution in [0, 0.1) is 4.91 Å². The normalized spacial score (nSPS) is 11.5. The Labute approximate surface area is 202 Å². The van der Waals surface area contributed by atoms with E-state index >= 15 is 0 Å². The molecule has 0 spiro atoms. The first kappa shape index (κ1) is 23.0. The van der Waals surface area contributed by atoms with Crippen molar-refractivity contribution in [2.45, 2.75) is 6.04 Å². The van der Waals surface area contributed by atoms with Crippen LogP contribution >= 0.6 is 11.6 Å². The minimum atomic E-state index is -1.12. The second-order valence-corrected chi connectivity index (χ2v) is 8.08. The predicted octanol–water partition coefficient (Wildman–Crippen LogP) is 7.45. The molecule has 7 heteroatoms. The smallest absolute Gasteiger partial charge is 0.335 e. The highest BCUT2D eigenvalue weighted by Crippen LogP contribution is 2.33. The van der Waals surface area contributed by atoms with Crippen molar-refractivity contribution in [3.63, 3.8) is 0 Å². The zero-order valence-corrected chi connectivity index (χ0v) is 19.0. The monoisotopic (exact) mass is 472 g/mol. The number of carboxylic acids is 1. The molecule has 6 nitrogen and oxygen atoms in total. The average molecular weight is 473 g/mol. The Balaban J connectivity index is 1.64. The van der Waals surface area contributed by atoms with Gasteiger partial charge in [0, 0.05) is 23.4 Å². The van der Waals surface area contributed by atoms with E-state index < -0.39 is 12.0 Å². The number of ether oxygens (including phenoxy) is 1. The molecular formula is C27H21ClN2O4. The van der Waals surface area contributed by atoms with Crippen LogP contribution in [0.2, 0.25) is 5.02 Å². The van der Waals surface area contributed by atoms with Crippen LogP contribution in [0.4, 0.5) is 11.4 Å². The van der Waals surface area contributed by atoms with Crippen molar-refractivity contribution in [2.24, 2.45) is 5.18 Å². The van der Waals surface area contributed by atoms with Crippen molar-refractivity contribution >= 4 is 28.9 Å². The molecule has 0 aliphatic carbocycles. The van der Waals surface area contributed by atoms with E-state index in [0.29, 0.717) is 27.6 Å². The maximum absolute atomic E-state index is 11.9. The first-order valence-electron chi connectivity index (χ1n) is 10.5. The lowest BCUT2D eigenvalue weighted by Crippen LogP contribution is -2.09. The number of aromatic carboxylic acids is 1. The summed E-state index contributed by atoms with van der Waals surface area (Å²) >= 11 is 5.97. The number of carboxylic acid groups (broad SMARTS) is 1. The summed E-state index contributed by atoms with van der Waals surface area (Å²) in [5.74, 6) is -0.251. The first-order valence-corrected chi connectivity index (χ1v) is 10.9. The van der Waals surface area contributed by atoms with Crippen molar-refractivity contribution in [2.75, 3.05) is 11.9 Å². The fourth-order valence-electron chi connectivity index (χ4n) is 3.60. The van der Waals surface area contributed by atoms with Crippen LogP contribution in [0.25, 0.3) is 0 Å². The van der Waals surface area contributed by atoms with Gasteiger partial charge in [0.2, 0.25) is 0 Å². The largest absolute Gasteiger partial charge is 0.478 e. The Morgan fingerprint density at radius 1 is 0.853 bits per heavy atom. The van der Waals surface area contributed by atoms with Gasteiger partial charge in [-0.3, -0.25) is 0 Å². The Hall–Kier alpha value is -4.16. The number of benzene rings is 4. The zero-order chi connectivity index (χ0) is 24.1. The van der Waals surface area contributed by atoms with Gasteiger partial charge in [-0.1, -0.05) is 47.1 Å². The van der Waals surface area contributed by atoms with Crippen LogP contribution in [0.1, 0.15) is 27.5 Å². The van der Waals surface area contributed by atoms with Gasteiger partial charge in [-0.2, -0.15) is 0 Å². The highest BCUT2D eigenvalue weighted by Gasteiger charge is 2.19. The predicted molar refractivity (Wildman–Crippen MR) is 134 cm³/mol. The fourth-order valence-corrected chi connectivity index (χ4v) is 3.72. The van der Waals surface area contributed by atoms with Gasteiger partial charge in [0.25, 0.3) is 0 Å². The molecule has 0 saturated heterocycles. The maximum Gasteiger partial charge on any atom is 0.335 e. The Morgan fingerprint density at radius 3 is 2.06 bits per heavy atom. The topological polar surface area (TPSA) is 79.2 Å². The molecule has 0 radical (unpaired) electrons. The Kier molecular flexibility index (Phi) is 6.90. The standard InChI is InChI=1S/C27H21ClN2O4/c1-30(23-13-9-21(28)10-14-23)22-11-7-18(8-12-22)26(29-33)19-15-20(27(31)32)17-25(16-19)34-24-5-3-2-4-6-24/h2-17,26H,1H3,(H,31,32). The highest BCUT2D eigenvalue weighted by molar-refractivity contribution is 6.30. The number of carbonyl (C=O) groups is 1. The summed E-state index contributed by atoms with van der Waals surface area (Å²) in [6.45, 7) is 0. The molecular weight excluding hydrogens is 452 g/mol. The van der Waals surface area contributed by atoms with Crippen molar-refractivity contribution in [3.8, 4) is 11.5 Å². The SMILES string of the molecule is CN(c1ccc(Cl)cc1)c1ccc(C(N=O)c2cc(Oc3ccccc3)cc(C(=O)O)c2)cc1. The van der Waals surface area contributed by atoms with Crippen LogP contribution in [-0.2, 0) is 0 Å². The molecule has 0 heterocycles. The van der Waals surface area contributed by atoms with E-state index in [9.17, 15) is 14.8 Å². The lowest BCUT2D eigenvalue weighted by molar-refractivity contribution is 0.0696. The molecule has 0 aliphatic heterocycles. The molecule has 0 aromatic heterocycles. The highest BCUT2D eigenvalue weighted by atomic mass is 35.5. The molecule has 4 rings (SSSR count).